The highest BCUT2D eigenvalue weighted by Gasteiger charge is 2.34. The number of nitrogens with one attached hydrogen (secondary N) is 1. The largest absolute Gasteiger partial charge is 0.405 e. The Kier molecular flexibility index (Phi) is 4.82. The zero-order chi connectivity index (χ0) is 17.3. The van der Waals surface area contributed by atoms with Gasteiger partial charge in [-0.25, -0.2) is 4.98 Å². The summed E-state index contributed by atoms with van der Waals surface area (Å²) in [6.07, 6.45) is 0.687. The SMILES string of the molecule is O=C(NCC(F)(F)F)C1CCCN1Cc1cn2cc(Br)ccc2n1. The predicted octanol–water partition coefficient (Wildman–Crippen LogP) is 2.74. The van der Waals surface area contributed by atoms with E-state index in [1.807, 2.05) is 39.1 Å². The van der Waals surface area contributed by atoms with Gasteiger partial charge in [0.25, 0.3) is 0 Å². The van der Waals surface area contributed by atoms with Gasteiger partial charge in [0.15, 0.2) is 0 Å². The van der Waals surface area contributed by atoms with Crippen molar-refractivity contribution in [1.82, 2.24) is 19.6 Å². The minimum Gasteiger partial charge on any atom is -0.346 e. The van der Waals surface area contributed by atoms with E-state index in [2.05, 4.69) is 20.9 Å². The molecule has 5 nitrogen and oxygen atoms in total. The number of carbonyl (C=O) groups excluding carboxylic acids is 1. The molecule has 1 aliphatic rings. The topological polar surface area (TPSA) is 49.6 Å². The van der Waals surface area contributed by atoms with Gasteiger partial charge >= 0.3 is 6.18 Å². The number of amides is 1. The van der Waals surface area contributed by atoms with Crippen molar-refractivity contribution in [3.63, 3.8) is 0 Å². The van der Waals surface area contributed by atoms with Crippen molar-refractivity contribution in [3.8, 4) is 0 Å². The first kappa shape index (κ1) is 17.2. The Labute approximate surface area is 145 Å². The maximum absolute atomic E-state index is 12.3. The lowest BCUT2D eigenvalue weighted by atomic mass is 10.2. The molecule has 1 amide bonds. The van der Waals surface area contributed by atoms with Gasteiger partial charge in [0.2, 0.25) is 5.91 Å². The molecule has 130 valence electrons. The maximum Gasteiger partial charge on any atom is 0.405 e. The fraction of sp³-hybridized carbons (Fsp3) is 0.467. The number of hydrogen-bond acceptors (Lipinski definition) is 3. The molecule has 0 bridgehead atoms. The van der Waals surface area contributed by atoms with Gasteiger partial charge in [-0.1, -0.05) is 0 Å². The third kappa shape index (κ3) is 4.07. The van der Waals surface area contributed by atoms with E-state index in [9.17, 15) is 18.0 Å². The number of fused-ring (bicyclic) bond motifs is 1. The van der Waals surface area contributed by atoms with Crippen LogP contribution in [0.1, 0.15) is 18.5 Å². The number of pyridine rings is 1. The zero-order valence-corrected chi connectivity index (χ0v) is 14.3. The summed E-state index contributed by atoms with van der Waals surface area (Å²) in [6, 6.07) is 3.21. The van der Waals surface area contributed by atoms with Crippen molar-refractivity contribution in [1.29, 1.82) is 0 Å². The molecule has 1 fully saturated rings. The number of alkyl halides is 3. The fourth-order valence-corrected chi connectivity index (χ4v) is 3.27. The van der Waals surface area contributed by atoms with Crippen LogP contribution in [0.2, 0.25) is 0 Å². The molecular formula is C15H16BrF3N4O. The number of aromatic nitrogens is 2. The summed E-state index contributed by atoms with van der Waals surface area (Å²) >= 11 is 3.39. The van der Waals surface area contributed by atoms with E-state index in [1.165, 1.54) is 0 Å². The van der Waals surface area contributed by atoms with Crippen LogP contribution in [0.5, 0.6) is 0 Å². The van der Waals surface area contributed by atoms with Crippen molar-refractivity contribution in [2.24, 2.45) is 0 Å². The van der Waals surface area contributed by atoms with Crippen LogP contribution in [0.3, 0.4) is 0 Å². The van der Waals surface area contributed by atoms with Gasteiger partial charge in [-0.15, -0.1) is 0 Å². The molecule has 9 heteroatoms. The van der Waals surface area contributed by atoms with E-state index >= 15 is 0 Å². The predicted molar refractivity (Wildman–Crippen MR) is 85.4 cm³/mol. The highest BCUT2D eigenvalue weighted by molar-refractivity contribution is 9.10. The lowest BCUT2D eigenvalue weighted by Gasteiger charge is -2.23. The zero-order valence-electron chi connectivity index (χ0n) is 12.7. The summed E-state index contributed by atoms with van der Waals surface area (Å²) in [5.41, 5.74) is 1.56. The molecule has 24 heavy (non-hydrogen) atoms. The average Bonchev–Trinajstić information content (AvgIpc) is 3.10. The lowest BCUT2D eigenvalue weighted by molar-refractivity contribution is -0.141. The Morgan fingerprint density at radius 3 is 2.92 bits per heavy atom. The molecule has 1 unspecified atom stereocenters. The van der Waals surface area contributed by atoms with E-state index in [1.54, 1.807) is 0 Å². The van der Waals surface area contributed by atoms with Crippen molar-refractivity contribution >= 4 is 27.5 Å². The number of halogens is 4. The van der Waals surface area contributed by atoms with Crippen LogP contribution in [0, 0.1) is 0 Å². The molecule has 0 radical (unpaired) electrons. The van der Waals surface area contributed by atoms with Crippen molar-refractivity contribution in [2.45, 2.75) is 31.6 Å². The number of nitrogens with zero attached hydrogens (tertiary/aromatic N) is 3. The van der Waals surface area contributed by atoms with Gasteiger partial charge in [0.1, 0.15) is 12.2 Å². The third-order valence-electron chi connectivity index (χ3n) is 3.96. The second kappa shape index (κ2) is 6.72. The van der Waals surface area contributed by atoms with E-state index in [4.69, 9.17) is 0 Å². The van der Waals surface area contributed by atoms with E-state index in [0.717, 1.165) is 22.2 Å². The summed E-state index contributed by atoms with van der Waals surface area (Å²) in [5.74, 6) is -0.573. The number of hydrogen-bond donors (Lipinski definition) is 1. The average molecular weight is 405 g/mol. The van der Waals surface area contributed by atoms with E-state index in [-0.39, 0.29) is 0 Å². The smallest absolute Gasteiger partial charge is 0.346 e. The molecule has 0 spiro atoms. The van der Waals surface area contributed by atoms with Gasteiger partial charge in [0.05, 0.1) is 11.7 Å². The Hall–Kier alpha value is -1.61. The van der Waals surface area contributed by atoms with Gasteiger partial charge in [-0.2, -0.15) is 13.2 Å². The number of imidazole rings is 1. The second-order valence-corrected chi connectivity index (χ2v) is 6.72. The molecule has 1 atom stereocenters. The summed E-state index contributed by atoms with van der Waals surface area (Å²) in [4.78, 5) is 18.4. The molecule has 0 aliphatic carbocycles. The molecule has 2 aromatic heterocycles. The van der Waals surface area contributed by atoms with Crippen LogP contribution < -0.4 is 5.32 Å². The van der Waals surface area contributed by atoms with Crippen LogP contribution >= 0.6 is 15.9 Å². The molecular weight excluding hydrogens is 389 g/mol. The van der Waals surface area contributed by atoms with E-state index < -0.39 is 24.7 Å². The first-order valence-electron chi connectivity index (χ1n) is 7.53. The van der Waals surface area contributed by atoms with Crippen molar-refractivity contribution in [3.05, 3.63) is 34.7 Å². The Morgan fingerprint density at radius 1 is 1.38 bits per heavy atom. The maximum atomic E-state index is 12.3. The standard InChI is InChI=1S/C15H16BrF3N4O/c16-10-3-4-13-21-11(8-23(13)6-10)7-22-5-1-2-12(22)14(24)20-9-15(17,18)19/h3-4,6,8,12H,1-2,5,7,9H2,(H,20,24). The highest BCUT2D eigenvalue weighted by Crippen LogP contribution is 2.21. The van der Waals surface area contributed by atoms with E-state index in [0.29, 0.717) is 19.5 Å². The molecule has 0 aromatic carbocycles. The number of rotatable bonds is 4. The van der Waals surface area contributed by atoms with Crippen LogP contribution in [0.15, 0.2) is 29.0 Å². The van der Waals surface area contributed by atoms with Crippen LogP contribution in [0.25, 0.3) is 5.65 Å². The molecule has 3 heterocycles. The number of carbonyl (C=O) groups is 1. The minimum atomic E-state index is -4.39. The molecule has 1 saturated heterocycles. The van der Waals surface area contributed by atoms with Crippen LogP contribution in [-0.4, -0.2) is 45.5 Å². The Balaban J connectivity index is 1.67. The van der Waals surface area contributed by atoms with Crippen LogP contribution in [-0.2, 0) is 11.3 Å². The van der Waals surface area contributed by atoms with Gasteiger partial charge < -0.3 is 9.72 Å². The molecule has 1 N–H and O–H groups in total. The molecule has 3 rings (SSSR count). The quantitative estimate of drug-likeness (QED) is 0.852. The fourth-order valence-electron chi connectivity index (χ4n) is 2.92. The monoisotopic (exact) mass is 404 g/mol. The highest BCUT2D eigenvalue weighted by atomic mass is 79.9. The first-order valence-corrected chi connectivity index (χ1v) is 8.33. The van der Waals surface area contributed by atoms with Crippen molar-refractivity contribution < 1.29 is 18.0 Å². The summed E-state index contributed by atoms with van der Waals surface area (Å²) in [7, 11) is 0. The lowest BCUT2D eigenvalue weighted by Crippen LogP contribution is -2.45. The first-order chi connectivity index (χ1) is 11.3. The normalized spacial score (nSPS) is 19.1. The second-order valence-electron chi connectivity index (χ2n) is 5.81. The van der Waals surface area contributed by atoms with Crippen LogP contribution in [0.4, 0.5) is 13.2 Å². The Morgan fingerprint density at radius 2 is 2.17 bits per heavy atom. The summed E-state index contributed by atoms with van der Waals surface area (Å²) in [6.45, 7) is -0.191. The summed E-state index contributed by atoms with van der Waals surface area (Å²) < 4.78 is 39.5. The molecule has 2 aromatic rings. The Bertz CT molecular complexity index is 746. The molecule has 1 aliphatic heterocycles. The minimum absolute atomic E-state index is 0.434. The van der Waals surface area contributed by atoms with Crippen molar-refractivity contribution in [2.75, 3.05) is 13.1 Å². The van der Waals surface area contributed by atoms with Gasteiger partial charge in [-0.05, 0) is 47.4 Å². The van der Waals surface area contributed by atoms with Gasteiger partial charge in [-0.3, -0.25) is 9.69 Å². The third-order valence-corrected chi connectivity index (χ3v) is 4.43. The summed E-state index contributed by atoms with van der Waals surface area (Å²) in [5, 5.41) is 1.98. The molecule has 0 saturated carbocycles. The number of likely N-dealkylation sites (tertiary alicyclic amines) is 1. The van der Waals surface area contributed by atoms with Gasteiger partial charge in [0, 0.05) is 23.4 Å².